The zero-order valence-electron chi connectivity index (χ0n) is 9.25. The average Bonchev–Trinajstić information content (AvgIpc) is 2.23. The van der Waals surface area contributed by atoms with Crippen molar-refractivity contribution in [3.63, 3.8) is 0 Å². The first-order valence-corrected chi connectivity index (χ1v) is 5.16. The fourth-order valence-corrected chi connectivity index (χ4v) is 1.67. The molecule has 0 fully saturated rings. The van der Waals surface area contributed by atoms with Gasteiger partial charge in [-0.3, -0.25) is 9.59 Å². The molecule has 0 aliphatic rings. The lowest BCUT2D eigenvalue weighted by atomic mass is 10.0. The van der Waals surface area contributed by atoms with E-state index in [0.717, 1.165) is 6.07 Å². The van der Waals surface area contributed by atoms with Gasteiger partial charge in [0.05, 0.1) is 5.02 Å². The van der Waals surface area contributed by atoms with Crippen LogP contribution in [0.1, 0.15) is 15.9 Å². The molecule has 0 bridgehead atoms. The molecule has 2 N–H and O–H groups in total. The Morgan fingerprint density at radius 2 is 2.06 bits per heavy atom. The van der Waals surface area contributed by atoms with E-state index in [2.05, 4.69) is 5.32 Å². The Balaban J connectivity index is 3.20. The zero-order chi connectivity index (χ0) is 13.2. The molecule has 0 aliphatic heterocycles. The molecule has 4 nitrogen and oxygen atoms in total. The topological polar surface area (TPSA) is 66.4 Å². The van der Waals surface area contributed by atoms with Crippen LogP contribution in [0.2, 0.25) is 5.02 Å². The summed E-state index contributed by atoms with van der Waals surface area (Å²) in [5, 5.41) is 11.2. The molecular weight excluding hydrogens is 249 g/mol. The van der Waals surface area contributed by atoms with Gasteiger partial charge in [-0.1, -0.05) is 11.6 Å². The van der Waals surface area contributed by atoms with Gasteiger partial charge in [-0.05, 0) is 31.7 Å². The highest BCUT2D eigenvalue weighted by atomic mass is 35.5. The summed E-state index contributed by atoms with van der Waals surface area (Å²) >= 11 is 5.79. The van der Waals surface area contributed by atoms with Crippen LogP contribution in [0.25, 0.3) is 0 Å². The lowest BCUT2D eigenvalue weighted by molar-refractivity contribution is -0.137. The molecule has 1 rings (SSSR count). The van der Waals surface area contributed by atoms with Gasteiger partial charge in [0.2, 0.25) is 0 Å². The molecule has 92 valence electrons. The summed E-state index contributed by atoms with van der Waals surface area (Å²) in [7, 11) is 1.33. The lowest BCUT2D eigenvalue weighted by Gasteiger charge is -2.11. The van der Waals surface area contributed by atoms with E-state index in [4.69, 9.17) is 16.7 Å². The Kier molecular flexibility index (Phi) is 4.20. The maximum atomic E-state index is 13.3. The first kappa shape index (κ1) is 13.6. The minimum absolute atomic E-state index is 0.0374. The molecule has 0 amide bonds. The number of carboxylic acid groups (broad SMARTS) is 1. The molecular formula is C11H11ClFNO3. The Labute approximate surface area is 102 Å². The van der Waals surface area contributed by atoms with E-state index in [-0.39, 0.29) is 10.6 Å². The second kappa shape index (κ2) is 5.25. The van der Waals surface area contributed by atoms with Crippen LogP contribution >= 0.6 is 11.6 Å². The molecule has 0 spiro atoms. The van der Waals surface area contributed by atoms with Gasteiger partial charge in [0.1, 0.15) is 5.82 Å². The summed E-state index contributed by atoms with van der Waals surface area (Å²) in [5.74, 6) is -2.71. The molecule has 1 unspecified atom stereocenters. The predicted molar refractivity (Wildman–Crippen MR) is 61.0 cm³/mol. The molecule has 17 heavy (non-hydrogen) atoms. The van der Waals surface area contributed by atoms with E-state index < -0.39 is 23.6 Å². The van der Waals surface area contributed by atoms with Gasteiger partial charge >= 0.3 is 5.97 Å². The SMILES string of the molecule is CNC(C(=O)O)C(=O)c1cc(F)c(C)cc1Cl. The number of benzene rings is 1. The minimum atomic E-state index is -1.44. The summed E-state index contributed by atoms with van der Waals surface area (Å²) in [6, 6.07) is 0.806. The fourth-order valence-electron chi connectivity index (χ4n) is 1.36. The summed E-state index contributed by atoms with van der Waals surface area (Å²) < 4.78 is 13.3. The van der Waals surface area contributed by atoms with Crippen LogP contribution in [0.3, 0.4) is 0 Å². The number of aliphatic carboxylic acids is 1. The van der Waals surface area contributed by atoms with Crippen LogP contribution in [0.4, 0.5) is 4.39 Å². The van der Waals surface area contributed by atoms with Crippen LogP contribution in [-0.2, 0) is 4.79 Å². The van der Waals surface area contributed by atoms with Gasteiger partial charge in [-0.15, -0.1) is 0 Å². The highest BCUT2D eigenvalue weighted by molar-refractivity contribution is 6.35. The van der Waals surface area contributed by atoms with Crippen LogP contribution in [0, 0.1) is 12.7 Å². The van der Waals surface area contributed by atoms with Gasteiger partial charge in [0.15, 0.2) is 11.8 Å². The van der Waals surface area contributed by atoms with Crippen LogP contribution in [0.5, 0.6) is 0 Å². The Hall–Kier alpha value is -1.46. The second-order valence-corrected chi connectivity index (χ2v) is 3.91. The smallest absolute Gasteiger partial charge is 0.328 e. The van der Waals surface area contributed by atoms with Crippen molar-refractivity contribution in [1.82, 2.24) is 5.32 Å². The van der Waals surface area contributed by atoms with Crippen molar-refractivity contribution in [2.45, 2.75) is 13.0 Å². The third-order valence-corrected chi connectivity index (χ3v) is 2.62. The van der Waals surface area contributed by atoms with Gasteiger partial charge in [-0.25, -0.2) is 4.39 Å². The van der Waals surface area contributed by atoms with Crippen molar-refractivity contribution in [2.75, 3.05) is 7.05 Å². The molecule has 0 saturated heterocycles. The van der Waals surface area contributed by atoms with Crippen LogP contribution in [-0.4, -0.2) is 29.9 Å². The van der Waals surface area contributed by atoms with E-state index in [1.165, 1.54) is 20.0 Å². The largest absolute Gasteiger partial charge is 0.480 e. The second-order valence-electron chi connectivity index (χ2n) is 3.51. The van der Waals surface area contributed by atoms with Crippen molar-refractivity contribution >= 4 is 23.4 Å². The Morgan fingerprint density at radius 1 is 1.47 bits per heavy atom. The van der Waals surface area contributed by atoms with Crippen molar-refractivity contribution in [3.05, 3.63) is 34.1 Å². The number of carboxylic acids is 1. The number of hydrogen-bond donors (Lipinski definition) is 2. The number of aryl methyl sites for hydroxylation is 1. The predicted octanol–water partition coefficient (Wildman–Crippen LogP) is 1.64. The molecule has 0 aliphatic carbocycles. The molecule has 1 aromatic rings. The van der Waals surface area contributed by atoms with E-state index in [9.17, 15) is 14.0 Å². The van der Waals surface area contributed by atoms with E-state index in [1.807, 2.05) is 0 Å². The van der Waals surface area contributed by atoms with Gasteiger partial charge in [0, 0.05) is 5.56 Å². The summed E-state index contributed by atoms with van der Waals surface area (Å²) in [6.45, 7) is 1.50. The lowest BCUT2D eigenvalue weighted by Crippen LogP contribution is -2.41. The number of carbonyl (C=O) groups excluding carboxylic acids is 1. The third kappa shape index (κ3) is 2.81. The maximum absolute atomic E-state index is 13.3. The van der Waals surface area contributed by atoms with E-state index >= 15 is 0 Å². The number of halogens is 2. The van der Waals surface area contributed by atoms with Crippen LogP contribution < -0.4 is 5.32 Å². The summed E-state index contributed by atoms with van der Waals surface area (Å²) in [4.78, 5) is 22.6. The van der Waals surface area contributed by atoms with Gasteiger partial charge < -0.3 is 10.4 Å². The number of likely N-dealkylation sites (N-methyl/N-ethyl adjacent to an activating group) is 1. The van der Waals surface area contributed by atoms with Crippen molar-refractivity contribution < 1.29 is 19.1 Å². The van der Waals surface area contributed by atoms with Crippen molar-refractivity contribution in [2.24, 2.45) is 0 Å². The molecule has 1 atom stereocenters. The fraction of sp³-hybridized carbons (Fsp3) is 0.273. The highest BCUT2D eigenvalue weighted by Crippen LogP contribution is 2.21. The first-order valence-electron chi connectivity index (χ1n) is 4.78. The number of ketones is 1. The first-order chi connectivity index (χ1) is 7.88. The Bertz CT molecular complexity index is 476. The van der Waals surface area contributed by atoms with Crippen molar-refractivity contribution in [3.8, 4) is 0 Å². The third-order valence-electron chi connectivity index (χ3n) is 2.31. The zero-order valence-corrected chi connectivity index (χ0v) is 10.0. The summed E-state index contributed by atoms with van der Waals surface area (Å²) in [5.41, 5.74) is 0.152. The van der Waals surface area contributed by atoms with E-state index in [0.29, 0.717) is 5.56 Å². The minimum Gasteiger partial charge on any atom is -0.480 e. The summed E-state index contributed by atoms with van der Waals surface area (Å²) in [6.07, 6.45) is 0. The van der Waals surface area contributed by atoms with Crippen molar-refractivity contribution in [1.29, 1.82) is 0 Å². The van der Waals surface area contributed by atoms with Crippen LogP contribution in [0.15, 0.2) is 12.1 Å². The van der Waals surface area contributed by atoms with E-state index in [1.54, 1.807) is 0 Å². The van der Waals surface area contributed by atoms with Gasteiger partial charge in [0.25, 0.3) is 0 Å². The number of hydrogen-bond acceptors (Lipinski definition) is 3. The number of Topliss-reactive ketones (excluding diaryl/α,β-unsaturated/α-hetero) is 1. The standard InChI is InChI=1S/C11H11ClFNO3/c1-5-3-7(12)6(4-8(5)13)10(15)9(14-2)11(16)17/h3-4,9,14H,1-2H3,(H,16,17). The average molecular weight is 260 g/mol. The molecule has 0 radical (unpaired) electrons. The molecule has 6 heteroatoms. The number of carbonyl (C=O) groups is 2. The van der Waals surface area contributed by atoms with Gasteiger partial charge in [-0.2, -0.15) is 0 Å². The molecule has 0 heterocycles. The quantitative estimate of drug-likeness (QED) is 0.637. The number of nitrogens with one attached hydrogen (secondary N) is 1. The number of rotatable bonds is 4. The maximum Gasteiger partial charge on any atom is 0.328 e. The monoisotopic (exact) mass is 259 g/mol. The molecule has 1 aromatic carbocycles. The normalized spacial score (nSPS) is 12.2. The Morgan fingerprint density at radius 3 is 2.53 bits per heavy atom. The molecule has 0 saturated carbocycles. The highest BCUT2D eigenvalue weighted by Gasteiger charge is 2.27. The molecule has 0 aromatic heterocycles.